The lowest BCUT2D eigenvalue weighted by molar-refractivity contribution is 0.922. The number of fused-ring (bicyclic) bond motifs is 1. The van der Waals surface area contributed by atoms with Crippen LogP contribution >= 0.6 is 22.9 Å². The van der Waals surface area contributed by atoms with Crippen LogP contribution in [0.5, 0.6) is 0 Å². The first-order valence-electron chi connectivity index (χ1n) is 6.28. The summed E-state index contributed by atoms with van der Waals surface area (Å²) in [6, 6.07) is 10.5. The minimum absolute atomic E-state index is 0.307. The van der Waals surface area contributed by atoms with Gasteiger partial charge in [0, 0.05) is 5.56 Å². The van der Waals surface area contributed by atoms with E-state index >= 15 is 0 Å². The summed E-state index contributed by atoms with van der Waals surface area (Å²) in [7, 11) is 0. The lowest BCUT2D eigenvalue weighted by Gasteiger charge is -2.05. The fourth-order valence-corrected chi connectivity index (χ4v) is 3.21. The van der Waals surface area contributed by atoms with Crippen LogP contribution in [-0.4, -0.2) is 9.97 Å². The molecule has 0 bridgehead atoms. The van der Waals surface area contributed by atoms with E-state index in [1.165, 1.54) is 5.56 Å². The summed E-state index contributed by atoms with van der Waals surface area (Å²) >= 11 is 7.67. The van der Waals surface area contributed by atoms with Crippen LogP contribution in [0.15, 0.2) is 35.7 Å². The second-order valence-electron chi connectivity index (χ2n) is 4.43. The predicted octanol–water partition coefficient (Wildman–Crippen LogP) is 4.96. The van der Waals surface area contributed by atoms with E-state index in [0.717, 1.165) is 34.3 Å². The predicted molar refractivity (Wildman–Crippen MR) is 81.9 cm³/mol. The second-order valence-corrected chi connectivity index (χ2v) is 5.68. The average Bonchev–Trinajstić information content (AvgIpc) is 2.86. The van der Waals surface area contributed by atoms with E-state index in [9.17, 15) is 0 Å². The van der Waals surface area contributed by atoms with Gasteiger partial charge in [-0.2, -0.15) is 0 Å². The van der Waals surface area contributed by atoms with Crippen molar-refractivity contribution in [2.75, 3.05) is 0 Å². The van der Waals surface area contributed by atoms with Crippen molar-refractivity contribution in [2.24, 2.45) is 0 Å². The van der Waals surface area contributed by atoms with Crippen molar-refractivity contribution < 1.29 is 0 Å². The summed E-state index contributed by atoms with van der Waals surface area (Å²) in [5.41, 5.74) is 4.30. The summed E-state index contributed by atoms with van der Waals surface area (Å²) in [4.78, 5) is 8.66. The molecule has 4 heteroatoms. The van der Waals surface area contributed by atoms with Gasteiger partial charge in [0.15, 0.2) is 0 Å². The van der Waals surface area contributed by atoms with E-state index in [4.69, 9.17) is 11.6 Å². The van der Waals surface area contributed by atoms with Gasteiger partial charge in [0.05, 0.1) is 15.9 Å². The van der Waals surface area contributed by atoms with Crippen LogP contribution in [0.25, 0.3) is 21.5 Å². The zero-order chi connectivity index (χ0) is 13.2. The Kier molecular flexibility index (Phi) is 3.49. The van der Waals surface area contributed by atoms with E-state index < -0.39 is 0 Å². The normalized spacial score (nSPS) is 11.1. The SMILES string of the molecule is CCCc1cccc(-c2nc(Cl)nc3ccsc23)c1. The molecule has 1 aromatic carbocycles. The Morgan fingerprint density at radius 1 is 1.21 bits per heavy atom. The van der Waals surface area contributed by atoms with Gasteiger partial charge < -0.3 is 0 Å². The Labute approximate surface area is 121 Å². The number of aromatic nitrogens is 2. The number of hydrogen-bond donors (Lipinski definition) is 0. The Balaban J connectivity index is 2.18. The number of hydrogen-bond acceptors (Lipinski definition) is 3. The van der Waals surface area contributed by atoms with Gasteiger partial charge >= 0.3 is 0 Å². The van der Waals surface area contributed by atoms with Gasteiger partial charge in [-0.15, -0.1) is 11.3 Å². The first-order chi connectivity index (χ1) is 9.28. The third-order valence-corrected chi connectivity index (χ3v) is 4.09. The first-order valence-corrected chi connectivity index (χ1v) is 7.53. The van der Waals surface area contributed by atoms with Crippen LogP contribution in [0.3, 0.4) is 0 Å². The lowest BCUT2D eigenvalue weighted by Crippen LogP contribution is -1.90. The molecule has 0 amide bonds. The molecular weight excluding hydrogens is 276 g/mol. The summed E-state index contributed by atoms with van der Waals surface area (Å²) in [5.74, 6) is 0. The zero-order valence-electron chi connectivity index (χ0n) is 10.6. The van der Waals surface area contributed by atoms with E-state index in [-0.39, 0.29) is 0 Å². The molecule has 0 unspecified atom stereocenters. The molecule has 0 radical (unpaired) electrons. The van der Waals surface area contributed by atoms with Crippen LogP contribution in [0.1, 0.15) is 18.9 Å². The maximum Gasteiger partial charge on any atom is 0.223 e. The molecule has 2 heterocycles. The van der Waals surface area contributed by atoms with Gasteiger partial charge in [-0.3, -0.25) is 0 Å². The minimum Gasteiger partial charge on any atom is -0.217 e. The molecule has 2 aromatic heterocycles. The van der Waals surface area contributed by atoms with Crippen molar-refractivity contribution in [1.29, 1.82) is 0 Å². The van der Waals surface area contributed by atoms with Crippen LogP contribution < -0.4 is 0 Å². The van der Waals surface area contributed by atoms with E-state index in [2.05, 4.69) is 41.2 Å². The molecule has 0 atom stereocenters. The van der Waals surface area contributed by atoms with Gasteiger partial charge in [-0.1, -0.05) is 31.5 Å². The number of thiophene rings is 1. The van der Waals surface area contributed by atoms with Gasteiger partial charge in [0.25, 0.3) is 0 Å². The van der Waals surface area contributed by atoms with Crippen LogP contribution in [0.4, 0.5) is 0 Å². The first kappa shape index (κ1) is 12.6. The smallest absolute Gasteiger partial charge is 0.217 e. The molecule has 0 aliphatic carbocycles. The molecule has 3 rings (SSSR count). The largest absolute Gasteiger partial charge is 0.223 e. The molecular formula is C15H13ClN2S. The molecule has 2 nitrogen and oxygen atoms in total. The van der Waals surface area contributed by atoms with Gasteiger partial charge in [-0.25, -0.2) is 9.97 Å². The molecule has 0 saturated heterocycles. The standard InChI is InChI=1S/C15H13ClN2S/c1-2-4-10-5-3-6-11(9-10)13-14-12(7-8-19-14)17-15(16)18-13/h3,5-9H,2,4H2,1H3. The Morgan fingerprint density at radius 2 is 2.11 bits per heavy atom. The molecule has 3 aromatic rings. The van der Waals surface area contributed by atoms with Gasteiger partial charge in [-0.05, 0) is 41.1 Å². The van der Waals surface area contributed by atoms with E-state index in [0.29, 0.717) is 5.28 Å². The molecule has 0 aliphatic heterocycles. The average molecular weight is 289 g/mol. The van der Waals surface area contributed by atoms with Crippen LogP contribution in [0.2, 0.25) is 5.28 Å². The summed E-state index contributed by atoms with van der Waals surface area (Å²) in [5, 5.41) is 2.33. The van der Waals surface area contributed by atoms with E-state index in [1.54, 1.807) is 11.3 Å². The van der Waals surface area contributed by atoms with Crippen molar-refractivity contribution in [3.8, 4) is 11.3 Å². The molecule has 0 saturated carbocycles. The van der Waals surface area contributed by atoms with Gasteiger partial charge in [0.1, 0.15) is 0 Å². The molecule has 0 N–H and O–H groups in total. The summed E-state index contributed by atoms with van der Waals surface area (Å²) < 4.78 is 1.10. The summed E-state index contributed by atoms with van der Waals surface area (Å²) in [6.07, 6.45) is 2.22. The number of rotatable bonds is 3. The highest BCUT2D eigenvalue weighted by Gasteiger charge is 2.10. The molecule has 0 fully saturated rings. The van der Waals surface area contributed by atoms with Crippen molar-refractivity contribution in [2.45, 2.75) is 19.8 Å². The molecule has 0 aliphatic rings. The number of nitrogens with zero attached hydrogens (tertiary/aromatic N) is 2. The third kappa shape index (κ3) is 2.48. The molecule has 96 valence electrons. The fraction of sp³-hybridized carbons (Fsp3) is 0.200. The maximum absolute atomic E-state index is 6.01. The van der Waals surface area contributed by atoms with Crippen molar-refractivity contribution >= 4 is 33.2 Å². The lowest BCUT2D eigenvalue weighted by atomic mass is 10.0. The fourth-order valence-electron chi connectivity index (χ4n) is 2.19. The Hall–Kier alpha value is -1.45. The topological polar surface area (TPSA) is 25.8 Å². The highest BCUT2D eigenvalue weighted by Crippen LogP contribution is 2.31. The highest BCUT2D eigenvalue weighted by molar-refractivity contribution is 7.17. The van der Waals surface area contributed by atoms with Crippen molar-refractivity contribution in [1.82, 2.24) is 9.97 Å². The quantitative estimate of drug-likeness (QED) is 0.636. The van der Waals surface area contributed by atoms with Crippen LogP contribution in [0, 0.1) is 0 Å². The second kappa shape index (κ2) is 5.27. The minimum atomic E-state index is 0.307. The number of aryl methyl sites for hydroxylation is 1. The number of halogens is 1. The maximum atomic E-state index is 6.01. The van der Waals surface area contributed by atoms with Crippen molar-refractivity contribution in [3.63, 3.8) is 0 Å². The molecule has 19 heavy (non-hydrogen) atoms. The Bertz CT molecular complexity index is 721. The van der Waals surface area contributed by atoms with Crippen molar-refractivity contribution in [3.05, 3.63) is 46.6 Å². The highest BCUT2D eigenvalue weighted by atomic mass is 35.5. The van der Waals surface area contributed by atoms with E-state index in [1.807, 2.05) is 11.4 Å². The third-order valence-electron chi connectivity index (χ3n) is 3.02. The zero-order valence-corrected chi connectivity index (χ0v) is 12.1. The monoisotopic (exact) mass is 288 g/mol. The summed E-state index contributed by atoms with van der Waals surface area (Å²) in [6.45, 7) is 2.19. The molecule has 0 spiro atoms. The number of benzene rings is 1. The Morgan fingerprint density at radius 3 is 2.95 bits per heavy atom. The van der Waals surface area contributed by atoms with Crippen LogP contribution in [-0.2, 0) is 6.42 Å². The van der Waals surface area contributed by atoms with Gasteiger partial charge in [0.2, 0.25) is 5.28 Å².